The summed E-state index contributed by atoms with van der Waals surface area (Å²) in [5, 5.41) is 5.43. The lowest BCUT2D eigenvalue weighted by Crippen LogP contribution is -2.27. The molecule has 0 radical (unpaired) electrons. The number of amides is 1. The summed E-state index contributed by atoms with van der Waals surface area (Å²) in [5.41, 5.74) is 5.31. The smallest absolute Gasteiger partial charge is 0.251 e. The Morgan fingerprint density at radius 3 is 2.81 bits per heavy atom. The average Bonchev–Trinajstić information content (AvgIpc) is 2.17. The molecule has 1 aliphatic heterocycles. The molecule has 1 unspecified atom stereocenters. The van der Waals surface area contributed by atoms with Gasteiger partial charge in [-0.2, -0.15) is 0 Å². The normalized spacial score (nSPS) is 20.4. The molecule has 0 aromatic rings. The highest BCUT2D eigenvalue weighted by Gasteiger charge is 2.21. The topological polar surface area (TPSA) is 120 Å². The summed E-state index contributed by atoms with van der Waals surface area (Å²) in [6, 6.07) is 0. The van der Waals surface area contributed by atoms with Gasteiger partial charge in [0.05, 0.1) is 6.61 Å². The van der Waals surface area contributed by atoms with E-state index in [4.69, 9.17) is 15.6 Å². The Kier molecular flexibility index (Phi) is 4.02. The van der Waals surface area contributed by atoms with Crippen molar-refractivity contribution in [3.05, 3.63) is 11.1 Å². The molecule has 90 valence electrons. The van der Waals surface area contributed by atoms with Gasteiger partial charge in [-0.25, -0.2) is 9.35 Å². The second-order valence-electron chi connectivity index (χ2n) is 3.10. The van der Waals surface area contributed by atoms with Crippen LogP contribution in [-0.2, 0) is 19.4 Å². The van der Waals surface area contributed by atoms with E-state index in [1.165, 1.54) is 0 Å². The highest BCUT2D eigenvalue weighted by molar-refractivity contribution is 7.96. The maximum Gasteiger partial charge on any atom is 0.251 e. The van der Waals surface area contributed by atoms with Gasteiger partial charge in [-0.1, -0.05) is 0 Å². The van der Waals surface area contributed by atoms with Gasteiger partial charge >= 0.3 is 0 Å². The molecule has 1 aliphatic rings. The van der Waals surface area contributed by atoms with Crippen molar-refractivity contribution in [2.75, 3.05) is 13.2 Å². The van der Waals surface area contributed by atoms with Gasteiger partial charge in [0.15, 0.2) is 0 Å². The van der Waals surface area contributed by atoms with Gasteiger partial charge in [0.2, 0.25) is 5.90 Å². The van der Waals surface area contributed by atoms with Gasteiger partial charge in [0.1, 0.15) is 14.8 Å². The zero-order valence-electron chi connectivity index (χ0n) is 8.88. The van der Waals surface area contributed by atoms with Crippen LogP contribution in [0, 0.1) is 0 Å². The molecule has 16 heavy (non-hydrogen) atoms. The maximum absolute atomic E-state index is 11.9. The van der Waals surface area contributed by atoms with E-state index in [1.807, 2.05) is 0 Å². The Morgan fingerprint density at radius 2 is 2.38 bits per heavy atom. The first-order valence-electron chi connectivity index (χ1n) is 4.62. The third kappa shape index (κ3) is 3.04. The number of rotatable bonds is 2. The Bertz CT molecular complexity index is 460. The highest BCUT2D eigenvalue weighted by atomic mass is 32.2. The van der Waals surface area contributed by atoms with Crippen molar-refractivity contribution in [1.29, 1.82) is 0 Å². The Hall–Kier alpha value is -1.41. The molecule has 0 bridgehead atoms. The van der Waals surface area contributed by atoms with Crippen LogP contribution in [0.3, 0.4) is 0 Å². The van der Waals surface area contributed by atoms with E-state index in [1.54, 1.807) is 0 Å². The first-order valence-corrected chi connectivity index (χ1v) is 6.20. The summed E-state index contributed by atoms with van der Waals surface area (Å²) in [7, 11) is -3.37. The number of hydrogen-bond acceptors (Lipinski definition) is 5. The first kappa shape index (κ1) is 12.7. The van der Waals surface area contributed by atoms with Crippen molar-refractivity contribution in [1.82, 2.24) is 0 Å². The molecular formula is C8H14N4O3S. The zero-order valence-corrected chi connectivity index (χ0v) is 9.70. The van der Waals surface area contributed by atoms with E-state index in [-0.39, 0.29) is 10.8 Å². The van der Waals surface area contributed by atoms with Crippen molar-refractivity contribution in [3.63, 3.8) is 0 Å². The summed E-state index contributed by atoms with van der Waals surface area (Å²) in [6.07, 6.45) is 1.79. The SMILES string of the molecule is CC(=O)N=S(N)(=O)C(=CN)C1=NCCCO1. The molecule has 1 rings (SSSR count). The van der Waals surface area contributed by atoms with Crippen molar-refractivity contribution in [2.24, 2.45) is 20.2 Å². The fourth-order valence-electron chi connectivity index (χ4n) is 1.14. The molecule has 1 heterocycles. The Morgan fingerprint density at radius 1 is 1.69 bits per heavy atom. The van der Waals surface area contributed by atoms with Crippen LogP contribution in [0.5, 0.6) is 0 Å². The van der Waals surface area contributed by atoms with E-state index in [2.05, 4.69) is 9.36 Å². The van der Waals surface area contributed by atoms with Crippen molar-refractivity contribution in [3.8, 4) is 0 Å². The van der Waals surface area contributed by atoms with Gasteiger partial charge in [-0.3, -0.25) is 9.79 Å². The fourth-order valence-corrected chi connectivity index (χ4v) is 2.19. The third-order valence-electron chi connectivity index (χ3n) is 1.74. The molecule has 0 spiro atoms. The molecule has 0 aliphatic carbocycles. The van der Waals surface area contributed by atoms with Gasteiger partial charge in [0.25, 0.3) is 5.91 Å². The molecule has 8 heteroatoms. The predicted octanol–water partition coefficient (Wildman–Crippen LogP) is -0.506. The number of hydrogen-bond donors (Lipinski definition) is 2. The summed E-state index contributed by atoms with van der Waals surface area (Å²) in [4.78, 5) is 14.7. The number of nitrogens with zero attached hydrogens (tertiary/aromatic N) is 2. The van der Waals surface area contributed by atoms with Crippen molar-refractivity contribution in [2.45, 2.75) is 13.3 Å². The minimum Gasteiger partial charge on any atom is -0.477 e. The lowest BCUT2D eigenvalue weighted by molar-refractivity contribution is -0.115. The van der Waals surface area contributed by atoms with Crippen LogP contribution in [0.25, 0.3) is 0 Å². The van der Waals surface area contributed by atoms with Crippen molar-refractivity contribution >= 4 is 21.7 Å². The van der Waals surface area contributed by atoms with E-state index in [0.29, 0.717) is 13.2 Å². The number of carbonyl (C=O) groups is 1. The minimum absolute atomic E-state index is 0.0394. The molecule has 0 saturated carbocycles. The van der Waals surface area contributed by atoms with Crippen LogP contribution in [0.4, 0.5) is 0 Å². The molecular weight excluding hydrogens is 232 g/mol. The quantitative estimate of drug-likeness (QED) is 0.681. The summed E-state index contributed by atoms with van der Waals surface area (Å²) in [5.74, 6) is -0.533. The van der Waals surface area contributed by atoms with Crippen LogP contribution >= 0.6 is 0 Å². The fraction of sp³-hybridized carbons (Fsp3) is 0.500. The Balaban J connectivity index is 3.14. The van der Waals surface area contributed by atoms with Gasteiger partial charge in [-0.15, -0.1) is 4.36 Å². The summed E-state index contributed by atoms with van der Waals surface area (Å²) >= 11 is 0. The van der Waals surface area contributed by atoms with Gasteiger partial charge in [0, 0.05) is 26.1 Å². The molecule has 0 fully saturated rings. The highest BCUT2D eigenvalue weighted by Crippen LogP contribution is 2.11. The van der Waals surface area contributed by atoms with Crippen LogP contribution in [0.15, 0.2) is 20.5 Å². The number of aliphatic imine (C=N–C) groups is 1. The monoisotopic (exact) mass is 246 g/mol. The van der Waals surface area contributed by atoms with E-state index >= 15 is 0 Å². The predicted molar refractivity (Wildman–Crippen MR) is 60.6 cm³/mol. The second kappa shape index (κ2) is 5.08. The van der Waals surface area contributed by atoms with E-state index in [0.717, 1.165) is 19.5 Å². The largest absolute Gasteiger partial charge is 0.477 e. The lowest BCUT2D eigenvalue weighted by Gasteiger charge is -2.16. The molecule has 4 N–H and O–H groups in total. The molecule has 0 aromatic carbocycles. The lowest BCUT2D eigenvalue weighted by atomic mass is 10.4. The van der Waals surface area contributed by atoms with E-state index in [9.17, 15) is 9.00 Å². The summed E-state index contributed by atoms with van der Waals surface area (Å²) in [6.45, 7) is 2.15. The minimum atomic E-state index is -3.37. The number of nitrogens with two attached hydrogens (primary N) is 2. The molecule has 7 nitrogen and oxygen atoms in total. The molecule has 0 saturated heterocycles. The molecule has 1 atom stereocenters. The van der Waals surface area contributed by atoms with Crippen molar-refractivity contribution < 1.29 is 13.7 Å². The van der Waals surface area contributed by atoms with Crippen LogP contribution in [0.2, 0.25) is 0 Å². The van der Waals surface area contributed by atoms with Crippen LogP contribution in [0.1, 0.15) is 13.3 Å². The second-order valence-corrected chi connectivity index (χ2v) is 4.86. The van der Waals surface area contributed by atoms with E-state index < -0.39 is 15.8 Å². The zero-order chi connectivity index (χ0) is 12.2. The van der Waals surface area contributed by atoms with Gasteiger partial charge in [-0.05, 0) is 0 Å². The van der Waals surface area contributed by atoms with Gasteiger partial charge < -0.3 is 10.5 Å². The maximum atomic E-state index is 11.9. The summed E-state index contributed by atoms with van der Waals surface area (Å²) < 4.78 is 20.4. The van der Waals surface area contributed by atoms with Crippen LogP contribution in [-0.4, -0.2) is 29.2 Å². The number of carbonyl (C=O) groups excluding carboxylic acids is 1. The van der Waals surface area contributed by atoms with Crippen LogP contribution < -0.4 is 10.9 Å². The molecule has 1 amide bonds. The molecule has 0 aromatic heterocycles. The third-order valence-corrected chi connectivity index (χ3v) is 3.21. The standard InChI is InChI=1S/C8H14N4O3S/c1-6(13)12-16(10,14)7(5-9)8-11-3-2-4-15-8/h5H,2-4,9H2,1H3,(H2,10,12,13,14). The average molecular weight is 246 g/mol. The number of ether oxygens (including phenoxy) is 1. The Labute approximate surface area is 93.9 Å². The first-order chi connectivity index (χ1) is 7.47.